The molecule has 0 N–H and O–H groups in total. The second kappa shape index (κ2) is 3.81. The van der Waals surface area contributed by atoms with E-state index in [1.807, 2.05) is 6.07 Å². The van der Waals surface area contributed by atoms with Gasteiger partial charge in [-0.25, -0.2) is 8.42 Å². The molecule has 0 bridgehead atoms. The van der Waals surface area contributed by atoms with E-state index in [9.17, 15) is 8.42 Å². The van der Waals surface area contributed by atoms with Crippen LogP contribution in [0.2, 0.25) is 0 Å². The molecule has 0 amide bonds. The Hall–Kier alpha value is -0.520. The van der Waals surface area contributed by atoms with Crippen molar-refractivity contribution in [3.05, 3.63) is 33.1 Å². The molecule has 0 fully saturated rings. The van der Waals surface area contributed by atoms with Crippen LogP contribution in [0.15, 0.2) is 27.6 Å². The molecular weight excluding hydrogens is 304 g/mol. The van der Waals surface area contributed by atoms with Gasteiger partial charge in [-0.2, -0.15) is 0 Å². The average molecular weight is 310 g/mol. The van der Waals surface area contributed by atoms with E-state index >= 15 is 0 Å². The number of fused-ring (bicyclic) bond motifs is 1. The lowest BCUT2D eigenvalue weighted by Gasteiger charge is -2.16. The summed E-state index contributed by atoms with van der Waals surface area (Å²) in [4.78, 5) is 0.0824. The second-order valence-electron chi connectivity index (χ2n) is 3.02. The molecular formula is C9H6BrClO3S. The van der Waals surface area contributed by atoms with E-state index in [1.54, 1.807) is 12.1 Å². The smallest absolute Gasteiger partial charge is 0.260 e. The predicted molar refractivity (Wildman–Crippen MR) is 62.4 cm³/mol. The van der Waals surface area contributed by atoms with Gasteiger partial charge < -0.3 is 4.74 Å². The Kier molecular flexibility index (Phi) is 2.79. The Morgan fingerprint density at radius 3 is 2.80 bits per heavy atom. The maximum absolute atomic E-state index is 11.1. The fraction of sp³-hybridized carbons (Fsp3) is 0.111. The number of benzene rings is 1. The molecule has 0 saturated carbocycles. The van der Waals surface area contributed by atoms with Crippen LogP contribution >= 0.6 is 26.6 Å². The van der Waals surface area contributed by atoms with Crippen molar-refractivity contribution >= 4 is 41.7 Å². The van der Waals surface area contributed by atoms with Crippen molar-refractivity contribution in [1.29, 1.82) is 0 Å². The molecule has 0 aromatic heterocycles. The molecule has 6 heteroatoms. The summed E-state index contributed by atoms with van der Waals surface area (Å²) in [6.45, 7) is -0.0186. The highest BCUT2D eigenvalue weighted by atomic mass is 79.9. The maximum atomic E-state index is 11.1. The first-order valence-corrected chi connectivity index (χ1v) is 7.14. The van der Waals surface area contributed by atoms with Crippen LogP contribution in [0.3, 0.4) is 0 Å². The van der Waals surface area contributed by atoms with Gasteiger partial charge in [0.05, 0.1) is 4.91 Å². The van der Waals surface area contributed by atoms with Crippen LogP contribution in [0.25, 0.3) is 6.08 Å². The van der Waals surface area contributed by atoms with E-state index < -0.39 is 9.05 Å². The molecule has 0 unspecified atom stereocenters. The molecule has 0 aliphatic carbocycles. The maximum Gasteiger partial charge on any atom is 0.260 e. The summed E-state index contributed by atoms with van der Waals surface area (Å²) < 4.78 is 28.3. The van der Waals surface area contributed by atoms with Gasteiger partial charge in [0, 0.05) is 20.7 Å². The summed E-state index contributed by atoms with van der Waals surface area (Å²) in [6.07, 6.45) is 1.52. The second-order valence-corrected chi connectivity index (χ2v) is 6.55. The van der Waals surface area contributed by atoms with Crippen molar-refractivity contribution in [2.24, 2.45) is 0 Å². The fourth-order valence-corrected chi connectivity index (χ4v) is 2.33. The zero-order valence-electron chi connectivity index (χ0n) is 7.41. The van der Waals surface area contributed by atoms with Gasteiger partial charge in [-0.1, -0.05) is 22.0 Å². The molecule has 2 rings (SSSR count). The Morgan fingerprint density at radius 2 is 2.13 bits per heavy atom. The van der Waals surface area contributed by atoms with Crippen molar-refractivity contribution in [3.63, 3.8) is 0 Å². The van der Waals surface area contributed by atoms with Crippen LogP contribution in [-0.2, 0) is 9.05 Å². The predicted octanol–water partition coefficient (Wildman–Crippen LogP) is 2.75. The van der Waals surface area contributed by atoms with E-state index in [1.165, 1.54) is 6.08 Å². The summed E-state index contributed by atoms with van der Waals surface area (Å²) in [6, 6.07) is 5.35. The van der Waals surface area contributed by atoms with Crippen molar-refractivity contribution < 1.29 is 13.2 Å². The molecule has 0 atom stereocenters. The van der Waals surface area contributed by atoms with Crippen LogP contribution in [0.1, 0.15) is 5.56 Å². The lowest BCUT2D eigenvalue weighted by atomic mass is 10.1. The summed E-state index contributed by atoms with van der Waals surface area (Å²) in [5, 5.41) is 0. The number of hydrogen-bond donors (Lipinski definition) is 0. The molecule has 1 aromatic rings. The van der Waals surface area contributed by atoms with Gasteiger partial charge in [-0.15, -0.1) is 0 Å². The molecule has 0 saturated heterocycles. The quantitative estimate of drug-likeness (QED) is 0.749. The minimum absolute atomic E-state index is 0.0186. The number of hydrogen-bond acceptors (Lipinski definition) is 3. The van der Waals surface area contributed by atoms with Gasteiger partial charge in [-0.3, -0.25) is 0 Å². The van der Waals surface area contributed by atoms with Crippen molar-refractivity contribution in [3.8, 4) is 5.75 Å². The SMILES string of the molecule is O=S(=O)(Cl)C1=Cc2ccc(Br)cc2OC1. The van der Waals surface area contributed by atoms with Crippen LogP contribution < -0.4 is 4.74 Å². The first-order chi connectivity index (χ1) is 6.97. The highest BCUT2D eigenvalue weighted by Gasteiger charge is 2.20. The van der Waals surface area contributed by atoms with Crippen molar-refractivity contribution in [2.75, 3.05) is 6.61 Å². The van der Waals surface area contributed by atoms with Gasteiger partial charge in [0.1, 0.15) is 12.4 Å². The van der Waals surface area contributed by atoms with E-state index in [2.05, 4.69) is 15.9 Å². The fourth-order valence-electron chi connectivity index (χ4n) is 1.26. The molecule has 1 heterocycles. The third-order valence-electron chi connectivity index (χ3n) is 1.98. The molecule has 1 aromatic carbocycles. The van der Waals surface area contributed by atoms with E-state index in [0.29, 0.717) is 11.3 Å². The zero-order chi connectivity index (χ0) is 11.1. The monoisotopic (exact) mass is 308 g/mol. The van der Waals surface area contributed by atoms with Crippen molar-refractivity contribution in [2.45, 2.75) is 0 Å². The lowest BCUT2D eigenvalue weighted by molar-refractivity contribution is 0.353. The topological polar surface area (TPSA) is 43.4 Å². The highest BCUT2D eigenvalue weighted by molar-refractivity contribution is 9.10. The van der Waals surface area contributed by atoms with Gasteiger partial charge >= 0.3 is 0 Å². The first kappa shape index (κ1) is 11.0. The number of halogens is 2. The van der Waals surface area contributed by atoms with Crippen LogP contribution in [0, 0.1) is 0 Å². The zero-order valence-corrected chi connectivity index (χ0v) is 10.6. The van der Waals surface area contributed by atoms with E-state index in [0.717, 1.165) is 4.47 Å². The molecule has 1 aliphatic rings. The summed E-state index contributed by atoms with van der Waals surface area (Å²) in [5.41, 5.74) is 0.712. The minimum atomic E-state index is -3.68. The largest absolute Gasteiger partial charge is 0.487 e. The summed E-state index contributed by atoms with van der Waals surface area (Å²) in [7, 11) is 1.54. The number of rotatable bonds is 1. The summed E-state index contributed by atoms with van der Waals surface area (Å²) in [5.74, 6) is 0.647. The first-order valence-electron chi connectivity index (χ1n) is 4.04. The third-order valence-corrected chi connectivity index (χ3v) is 3.93. The van der Waals surface area contributed by atoms with Gasteiger partial charge in [0.15, 0.2) is 0 Å². The van der Waals surface area contributed by atoms with Gasteiger partial charge in [0.25, 0.3) is 9.05 Å². The Morgan fingerprint density at radius 1 is 1.40 bits per heavy atom. The Bertz CT molecular complexity index is 536. The molecule has 15 heavy (non-hydrogen) atoms. The molecule has 0 spiro atoms. The van der Waals surface area contributed by atoms with E-state index in [-0.39, 0.29) is 11.5 Å². The average Bonchev–Trinajstić information content (AvgIpc) is 2.15. The third kappa shape index (κ3) is 2.35. The lowest BCUT2D eigenvalue weighted by Crippen LogP contribution is -2.11. The van der Waals surface area contributed by atoms with Gasteiger partial charge in [-0.05, 0) is 18.2 Å². The summed E-state index contributed by atoms with van der Waals surface area (Å²) >= 11 is 3.30. The molecule has 80 valence electrons. The highest BCUT2D eigenvalue weighted by Crippen LogP contribution is 2.31. The van der Waals surface area contributed by atoms with Crippen molar-refractivity contribution in [1.82, 2.24) is 0 Å². The normalized spacial score (nSPS) is 15.2. The standard InChI is InChI=1S/C9H6BrClO3S/c10-7-2-1-6-3-8(15(11,12)13)5-14-9(6)4-7/h1-4H,5H2. The number of ether oxygens (including phenoxy) is 1. The van der Waals surface area contributed by atoms with Gasteiger partial charge in [0.2, 0.25) is 0 Å². The Balaban J connectivity index is 2.51. The van der Waals surface area contributed by atoms with Crippen LogP contribution in [0.5, 0.6) is 5.75 Å². The van der Waals surface area contributed by atoms with Crippen LogP contribution in [0.4, 0.5) is 0 Å². The Labute approximate surface area is 100 Å². The molecule has 3 nitrogen and oxygen atoms in total. The molecule has 1 aliphatic heterocycles. The molecule has 0 radical (unpaired) electrons. The van der Waals surface area contributed by atoms with E-state index in [4.69, 9.17) is 15.4 Å². The minimum Gasteiger partial charge on any atom is -0.487 e. The van der Waals surface area contributed by atoms with Crippen LogP contribution in [-0.4, -0.2) is 15.0 Å².